The van der Waals surface area contributed by atoms with Gasteiger partial charge in [-0.3, -0.25) is 4.98 Å². The number of halogens is 1. The van der Waals surface area contributed by atoms with Crippen LogP contribution in [-0.4, -0.2) is 4.98 Å². The molecule has 2 heteroatoms. The summed E-state index contributed by atoms with van der Waals surface area (Å²) in [6, 6.07) is 4.29. The summed E-state index contributed by atoms with van der Waals surface area (Å²) in [4.78, 5) is 4.39. The number of rotatable bonds is 2. The van der Waals surface area contributed by atoms with E-state index >= 15 is 0 Å². The minimum absolute atomic E-state index is 0.531. The van der Waals surface area contributed by atoms with E-state index in [-0.39, 0.29) is 0 Å². The largest absolute Gasteiger partial charge is 0.261 e. The molecule has 1 heterocycles. The van der Waals surface area contributed by atoms with Gasteiger partial charge in [0.05, 0.1) is 0 Å². The van der Waals surface area contributed by atoms with Gasteiger partial charge in [0.25, 0.3) is 0 Å². The average molecular weight is 275 g/mol. The minimum atomic E-state index is 0.531. The van der Waals surface area contributed by atoms with E-state index in [1.165, 1.54) is 11.3 Å². The Morgan fingerprint density at radius 3 is 2.25 bits per heavy atom. The fraction of sp³-hybridized carbons (Fsp3) is 0.500. The molecule has 12 heavy (non-hydrogen) atoms. The van der Waals surface area contributed by atoms with Crippen molar-refractivity contribution in [3.63, 3.8) is 0 Å². The standard InChI is InChI=1S/C10H14IN/c1-7(2)10-5-4-9(6-12-10)8(3)11/h4-8H,1-3H3. The molecule has 1 nitrogen and oxygen atoms in total. The van der Waals surface area contributed by atoms with E-state index in [1.807, 2.05) is 6.20 Å². The van der Waals surface area contributed by atoms with Crippen LogP contribution in [0.3, 0.4) is 0 Å². The van der Waals surface area contributed by atoms with Crippen LogP contribution in [0.15, 0.2) is 18.3 Å². The van der Waals surface area contributed by atoms with E-state index in [1.54, 1.807) is 0 Å². The zero-order valence-corrected chi connectivity index (χ0v) is 9.87. The molecule has 0 aliphatic rings. The normalized spacial score (nSPS) is 13.4. The Kier molecular flexibility index (Phi) is 3.50. The van der Waals surface area contributed by atoms with E-state index in [2.05, 4.69) is 60.5 Å². The molecule has 1 rings (SSSR count). The molecular formula is C10H14IN. The Balaban J connectivity index is 2.86. The van der Waals surface area contributed by atoms with E-state index in [9.17, 15) is 0 Å². The fourth-order valence-electron chi connectivity index (χ4n) is 0.994. The molecule has 0 amide bonds. The van der Waals surface area contributed by atoms with Gasteiger partial charge in [-0.15, -0.1) is 0 Å². The van der Waals surface area contributed by atoms with Gasteiger partial charge in [-0.25, -0.2) is 0 Å². The number of alkyl halides is 1. The number of hydrogen-bond donors (Lipinski definition) is 0. The summed E-state index contributed by atoms with van der Waals surface area (Å²) >= 11 is 2.40. The third-order valence-corrected chi connectivity index (χ3v) is 2.58. The maximum atomic E-state index is 4.39. The Morgan fingerprint density at radius 2 is 1.92 bits per heavy atom. The van der Waals surface area contributed by atoms with Crippen molar-refractivity contribution in [2.45, 2.75) is 30.6 Å². The van der Waals surface area contributed by atoms with Gasteiger partial charge in [0.15, 0.2) is 0 Å². The summed E-state index contributed by atoms with van der Waals surface area (Å²) in [5.41, 5.74) is 2.48. The van der Waals surface area contributed by atoms with Gasteiger partial charge in [0, 0.05) is 15.8 Å². The summed E-state index contributed by atoms with van der Waals surface area (Å²) < 4.78 is 0.552. The molecule has 0 radical (unpaired) electrons. The van der Waals surface area contributed by atoms with Gasteiger partial charge in [-0.2, -0.15) is 0 Å². The van der Waals surface area contributed by atoms with Gasteiger partial charge in [-0.1, -0.05) is 42.5 Å². The third kappa shape index (κ3) is 2.44. The Labute approximate surface area is 87.7 Å². The third-order valence-electron chi connectivity index (χ3n) is 1.86. The molecule has 0 saturated carbocycles. The SMILES string of the molecule is CC(C)c1ccc(C(C)I)cn1. The molecule has 0 bridgehead atoms. The first-order chi connectivity index (χ1) is 5.61. The van der Waals surface area contributed by atoms with Gasteiger partial charge >= 0.3 is 0 Å². The monoisotopic (exact) mass is 275 g/mol. The molecule has 0 saturated heterocycles. The van der Waals surface area contributed by atoms with Crippen molar-refractivity contribution in [1.29, 1.82) is 0 Å². The van der Waals surface area contributed by atoms with Crippen molar-refractivity contribution in [3.05, 3.63) is 29.6 Å². The molecule has 66 valence electrons. The maximum Gasteiger partial charge on any atom is 0.0429 e. The second-order valence-electron chi connectivity index (χ2n) is 3.29. The number of aromatic nitrogens is 1. The Morgan fingerprint density at radius 1 is 1.25 bits per heavy atom. The zero-order chi connectivity index (χ0) is 9.14. The van der Waals surface area contributed by atoms with Crippen LogP contribution in [0.2, 0.25) is 0 Å². The van der Waals surface area contributed by atoms with E-state index in [0.29, 0.717) is 9.84 Å². The predicted octanol–water partition coefficient (Wildman–Crippen LogP) is 3.70. The Hall–Kier alpha value is -0.120. The molecule has 1 aromatic heterocycles. The predicted molar refractivity (Wildman–Crippen MR) is 60.8 cm³/mol. The highest BCUT2D eigenvalue weighted by Gasteiger charge is 2.03. The van der Waals surface area contributed by atoms with Crippen LogP contribution in [0.4, 0.5) is 0 Å². The van der Waals surface area contributed by atoms with Crippen LogP contribution in [0, 0.1) is 0 Å². The second-order valence-corrected chi connectivity index (χ2v) is 5.16. The van der Waals surface area contributed by atoms with Crippen LogP contribution >= 0.6 is 22.6 Å². The molecule has 0 N–H and O–H groups in total. The second kappa shape index (κ2) is 4.21. The first-order valence-corrected chi connectivity index (χ1v) is 5.45. The first-order valence-electron chi connectivity index (χ1n) is 4.21. The van der Waals surface area contributed by atoms with E-state index in [4.69, 9.17) is 0 Å². The van der Waals surface area contributed by atoms with Crippen LogP contribution in [-0.2, 0) is 0 Å². The topological polar surface area (TPSA) is 12.9 Å². The summed E-state index contributed by atoms with van der Waals surface area (Å²) in [6.45, 7) is 6.50. The number of hydrogen-bond acceptors (Lipinski definition) is 1. The molecule has 0 aromatic carbocycles. The smallest absolute Gasteiger partial charge is 0.0429 e. The maximum absolute atomic E-state index is 4.39. The van der Waals surface area contributed by atoms with E-state index < -0.39 is 0 Å². The highest BCUT2D eigenvalue weighted by atomic mass is 127. The number of nitrogens with zero attached hydrogens (tertiary/aromatic N) is 1. The molecule has 1 unspecified atom stereocenters. The van der Waals surface area contributed by atoms with Gasteiger partial charge in [0.2, 0.25) is 0 Å². The lowest BCUT2D eigenvalue weighted by Crippen LogP contribution is -1.93. The average Bonchev–Trinajstić information content (AvgIpc) is 2.04. The van der Waals surface area contributed by atoms with Crippen LogP contribution in [0.25, 0.3) is 0 Å². The summed E-state index contributed by atoms with van der Waals surface area (Å²) in [6.07, 6.45) is 1.98. The Bertz CT molecular complexity index is 212. The van der Waals surface area contributed by atoms with Crippen molar-refractivity contribution >= 4 is 22.6 Å². The highest BCUT2D eigenvalue weighted by Crippen LogP contribution is 2.22. The molecule has 1 atom stereocenters. The van der Waals surface area contributed by atoms with Crippen LogP contribution < -0.4 is 0 Å². The van der Waals surface area contributed by atoms with Crippen molar-refractivity contribution in [2.75, 3.05) is 0 Å². The lowest BCUT2D eigenvalue weighted by atomic mass is 10.1. The molecular weight excluding hydrogens is 261 g/mol. The lowest BCUT2D eigenvalue weighted by Gasteiger charge is -2.06. The van der Waals surface area contributed by atoms with Crippen molar-refractivity contribution < 1.29 is 0 Å². The highest BCUT2D eigenvalue weighted by molar-refractivity contribution is 14.1. The molecule has 0 aliphatic heterocycles. The fourth-order valence-corrected chi connectivity index (χ4v) is 1.36. The van der Waals surface area contributed by atoms with Crippen molar-refractivity contribution in [3.8, 4) is 0 Å². The van der Waals surface area contributed by atoms with Gasteiger partial charge < -0.3 is 0 Å². The van der Waals surface area contributed by atoms with E-state index in [0.717, 1.165) is 0 Å². The molecule has 0 aliphatic carbocycles. The molecule has 1 aromatic rings. The number of pyridine rings is 1. The van der Waals surface area contributed by atoms with Crippen molar-refractivity contribution in [1.82, 2.24) is 4.98 Å². The summed E-state index contributed by atoms with van der Waals surface area (Å²) in [5, 5.41) is 0. The molecule has 0 spiro atoms. The minimum Gasteiger partial charge on any atom is -0.261 e. The lowest BCUT2D eigenvalue weighted by molar-refractivity contribution is 0.819. The van der Waals surface area contributed by atoms with Crippen LogP contribution in [0.5, 0.6) is 0 Å². The van der Waals surface area contributed by atoms with Gasteiger partial charge in [0.1, 0.15) is 0 Å². The van der Waals surface area contributed by atoms with Gasteiger partial charge in [-0.05, 0) is 24.5 Å². The van der Waals surface area contributed by atoms with Crippen molar-refractivity contribution in [2.24, 2.45) is 0 Å². The first kappa shape index (κ1) is 9.96. The summed E-state index contributed by atoms with van der Waals surface area (Å²) in [7, 11) is 0. The quantitative estimate of drug-likeness (QED) is 0.592. The summed E-state index contributed by atoms with van der Waals surface area (Å²) in [5.74, 6) is 0.531. The zero-order valence-electron chi connectivity index (χ0n) is 7.71. The van der Waals surface area contributed by atoms with Crippen LogP contribution in [0.1, 0.15) is 41.9 Å². The molecule has 0 fully saturated rings.